The van der Waals surface area contributed by atoms with Crippen LogP contribution in [0.5, 0.6) is 5.75 Å². The molecule has 3 atom stereocenters. The van der Waals surface area contributed by atoms with Crippen molar-refractivity contribution in [2.45, 2.75) is 38.7 Å². The Labute approximate surface area is 181 Å². The van der Waals surface area contributed by atoms with Crippen molar-refractivity contribution in [3.63, 3.8) is 0 Å². The molecule has 1 heterocycles. The average Bonchev–Trinajstić information content (AvgIpc) is 2.73. The van der Waals surface area contributed by atoms with Crippen LogP contribution in [0.4, 0.5) is 0 Å². The summed E-state index contributed by atoms with van der Waals surface area (Å²) in [6.07, 6.45) is 0.0442. The maximum atomic E-state index is 12.7. The maximum Gasteiger partial charge on any atom is 0.154 e. The Morgan fingerprint density at radius 3 is 2.52 bits per heavy atom. The molecular formula is C24H22N4O3. The molecule has 0 bridgehead atoms. The van der Waals surface area contributed by atoms with Crippen LogP contribution in [0.1, 0.15) is 38.7 Å². The minimum absolute atomic E-state index is 0.0442. The second-order valence-electron chi connectivity index (χ2n) is 7.98. The predicted octanol–water partition coefficient (Wildman–Crippen LogP) is 3.14. The van der Waals surface area contributed by atoms with Gasteiger partial charge in [0, 0.05) is 18.0 Å². The quantitative estimate of drug-likeness (QED) is 0.727. The highest BCUT2D eigenvalue weighted by atomic mass is 16.5. The van der Waals surface area contributed by atoms with Crippen LogP contribution in [0.2, 0.25) is 0 Å². The molecule has 7 heteroatoms. The first-order valence-electron chi connectivity index (χ1n) is 9.73. The third kappa shape index (κ3) is 3.59. The minimum atomic E-state index is -1.44. The van der Waals surface area contributed by atoms with Crippen LogP contribution < -0.4 is 10.1 Å². The van der Waals surface area contributed by atoms with Gasteiger partial charge in [-0.25, -0.2) is 0 Å². The van der Waals surface area contributed by atoms with E-state index in [0.29, 0.717) is 17.0 Å². The summed E-state index contributed by atoms with van der Waals surface area (Å²) in [6.45, 7) is 4.81. The number of ether oxygens (including phenoxy) is 1. The number of dihydropyridines is 1. The van der Waals surface area contributed by atoms with Crippen LogP contribution in [0.3, 0.4) is 0 Å². The summed E-state index contributed by atoms with van der Waals surface area (Å²) in [5.74, 6) is -0.870. The van der Waals surface area contributed by atoms with Crippen LogP contribution in [-0.2, 0) is 4.79 Å². The minimum Gasteiger partial charge on any atom is -0.497 e. The molecule has 0 radical (unpaired) electrons. The number of hydrogen-bond donors (Lipinski definition) is 2. The Kier molecular flexibility index (Phi) is 5.71. The van der Waals surface area contributed by atoms with Gasteiger partial charge in [0.15, 0.2) is 5.57 Å². The highest BCUT2D eigenvalue weighted by Gasteiger charge is 2.51. The van der Waals surface area contributed by atoms with Gasteiger partial charge in [0.05, 0.1) is 29.9 Å². The van der Waals surface area contributed by atoms with E-state index in [9.17, 15) is 25.7 Å². The number of hydrogen-bond acceptors (Lipinski definition) is 7. The number of benzene rings is 1. The summed E-state index contributed by atoms with van der Waals surface area (Å²) in [4.78, 5) is 12.7. The normalized spacial score (nSPS) is 24.9. The van der Waals surface area contributed by atoms with Gasteiger partial charge in [-0.15, -0.1) is 0 Å². The first kappa shape index (κ1) is 21.8. The molecule has 1 aromatic carbocycles. The lowest BCUT2D eigenvalue weighted by atomic mass is 9.60. The molecule has 2 aliphatic rings. The van der Waals surface area contributed by atoms with Crippen molar-refractivity contribution in [1.29, 1.82) is 15.8 Å². The van der Waals surface area contributed by atoms with Gasteiger partial charge in [0.1, 0.15) is 29.7 Å². The summed E-state index contributed by atoms with van der Waals surface area (Å²) in [5.41, 5.74) is 1.25. The lowest BCUT2D eigenvalue weighted by Gasteiger charge is -2.46. The number of methoxy groups -OCH3 is 1. The largest absolute Gasteiger partial charge is 0.497 e. The van der Waals surface area contributed by atoms with Gasteiger partial charge in [-0.1, -0.05) is 12.1 Å². The number of allylic oxidation sites excluding steroid dienone is 4. The smallest absolute Gasteiger partial charge is 0.154 e. The summed E-state index contributed by atoms with van der Waals surface area (Å²) in [7, 11) is 1.55. The van der Waals surface area contributed by atoms with E-state index in [2.05, 4.69) is 11.4 Å². The molecule has 2 N–H and O–H groups in total. The molecule has 1 aliphatic heterocycles. The van der Waals surface area contributed by atoms with Crippen molar-refractivity contribution in [3.05, 3.63) is 63.5 Å². The molecule has 3 rings (SSSR count). The lowest BCUT2D eigenvalue weighted by molar-refractivity contribution is -0.131. The monoisotopic (exact) mass is 414 g/mol. The van der Waals surface area contributed by atoms with Gasteiger partial charge in [0.25, 0.3) is 0 Å². The SMILES string of the molecule is COc1cccc(C2C3=C(C)NC(=C(C#N)C#N)C(C#N)=C3CC(C)(O)C2C(C)=O)c1. The molecule has 1 aliphatic carbocycles. The topological polar surface area (TPSA) is 130 Å². The standard InChI is InChI=1S/C24H22N4O3/c1-13-20-18(19(12-27)23(28-13)16(10-25)11-26)9-24(3,30)22(14(2)29)21(20)15-6-5-7-17(8-15)31-4/h5-8,21-22,28,30H,9H2,1-4H3. The number of nitriles is 3. The summed E-state index contributed by atoms with van der Waals surface area (Å²) in [5, 5.41) is 43.0. The summed E-state index contributed by atoms with van der Waals surface area (Å²) >= 11 is 0. The molecular weight excluding hydrogens is 392 g/mol. The number of Topliss-reactive ketones (excluding diaryl/α,β-unsaturated/α-hetero) is 1. The van der Waals surface area contributed by atoms with Gasteiger partial charge in [0.2, 0.25) is 0 Å². The molecule has 1 aromatic rings. The molecule has 0 aromatic heterocycles. The van der Waals surface area contributed by atoms with E-state index in [1.807, 2.05) is 30.3 Å². The first-order valence-corrected chi connectivity index (χ1v) is 9.73. The second kappa shape index (κ2) is 8.11. The third-order valence-electron chi connectivity index (χ3n) is 5.92. The Hall–Kier alpha value is -3.86. The van der Waals surface area contributed by atoms with E-state index < -0.39 is 17.4 Å². The Morgan fingerprint density at radius 1 is 1.29 bits per heavy atom. The van der Waals surface area contributed by atoms with Crippen molar-refractivity contribution >= 4 is 5.78 Å². The fraction of sp³-hybridized carbons (Fsp3) is 0.333. The highest BCUT2D eigenvalue weighted by molar-refractivity contribution is 5.83. The maximum absolute atomic E-state index is 12.7. The molecule has 156 valence electrons. The first-order chi connectivity index (χ1) is 14.7. The zero-order valence-corrected chi connectivity index (χ0v) is 17.8. The number of nitrogens with zero attached hydrogens (tertiary/aromatic N) is 3. The Morgan fingerprint density at radius 2 is 1.97 bits per heavy atom. The second-order valence-corrected chi connectivity index (χ2v) is 7.98. The van der Waals surface area contributed by atoms with Crippen molar-refractivity contribution < 1.29 is 14.6 Å². The van der Waals surface area contributed by atoms with Crippen LogP contribution in [0.25, 0.3) is 0 Å². The van der Waals surface area contributed by atoms with Crippen LogP contribution in [0, 0.1) is 39.9 Å². The molecule has 0 saturated heterocycles. The van der Waals surface area contributed by atoms with Crippen LogP contribution >= 0.6 is 0 Å². The van der Waals surface area contributed by atoms with Crippen LogP contribution in [0.15, 0.2) is 58.0 Å². The van der Waals surface area contributed by atoms with Gasteiger partial charge in [-0.2, -0.15) is 15.8 Å². The van der Waals surface area contributed by atoms with Gasteiger partial charge < -0.3 is 15.2 Å². The predicted molar refractivity (Wildman–Crippen MR) is 112 cm³/mol. The zero-order chi connectivity index (χ0) is 22.9. The Balaban J connectivity index is 2.38. The summed E-state index contributed by atoms with van der Waals surface area (Å²) < 4.78 is 5.35. The molecule has 0 spiro atoms. The number of rotatable bonds is 3. The third-order valence-corrected chi connectivity index (χ3v) is 5.92. The molecule has 7 nitrogen and oxygen atoms in total. The van der Waals surface area contributed by atoms with E-state index >= 15 is 0 Å². The average molecular weight is 414 g/mol. The van der Waals surface area contributed by atoms with Crippen molar-refractivity contribution in [2.75, 3.05) is 7.11 Å². The van der Waals surface area contributed by atoms with Crippen LogP contribution in [-0.4, -0.2) is 23.6 Å². The molecule has 31 heavy (non-hydrogen) atoms. The number of aliphatic hydroxyl groups is 1. The van der Waals surface area contributed by atoms with E-state index in [1.165, 1.54) is 6.92 Å². The molecule has 3 unspecified atom stereocenters. The van der Waals surface area contributed by atoms with E-state index in [0.717, 1.165) is 11.1 Å². The highest BCUT2D eigenvalue weighted by Crippen LogP contribution is 2.53. The number of carbonyl (C=O) groups is 1. The number of ketones is 1. The van der Waals surface area contributed by atoms with E-state index in [4.69, 9.17) is 4.74 Å². The van der Waals surface area contributed by atoms with Gasteiger partial charge in [-0.05, 0) is 49.6 Å². The fourth-order valence-electron chi connectivity index (χ4n) is 4.74. The van der Waals surface area contributed by atoms with Crippen molar-refractivity contribution in [2.24, 2.45) is 5.92 Å². The fourth-order valence-corrected chi connectivity index (χ4v) is 4.74. The molecule has 1 fully saturated rings. The van der Waals surface area contributed by atoms with Crippen molar-refractivity contribution in [1.82, 2.24) is 5.32 Å². The molecule has 0 amide bonds. The molecule has 1 saturated carbocycles. The number of carbonyl (C=O) groups excluding carboxylic acids is 1. The summed E-state index contributed by atoms with van der Waals surface area (Å²) in [6, 6.07) is 13.0. The zero-order valence-electron chi connectivity index (χ0n) is 17.8. The van der Waals surface area contributed by atoms with E-state index in [-0.39, 0.29) is 29.0 Å². The van der Waals surface area contributed by atoms with Gasteiger partial charge >= 0.3 is 0 Å². The lowest BCUT2D eigenvalue weighted by Crippen LogP contribution is -2.48. The van der Waals surface area contributed by atoms with Gasteiger partial charge in [-0.3, -0.25) is 4.79 Å². The van der Waals surface area contributed by atoms with E-state index in [1.54, 1.807) is 27.0 Å². The Bertz CT molecular complexity index is 1170. The number of fused-ring (bicyclic) bond motifs is 1. The number of nitrogens with one attached hydrogen (secondary N) is 1. The van der Waals surface area contributed by atoms with Crippen molar-refractivity contribution in [3.8, 4) is 24.0 Å².